The summed E-state index contributed by atoms with van der Waals surface area (Å²) >= 11 is 0. The highest BCUT2D eigenvalue weighted by atomic mass is 19.4. The SMILES string of the molecule is Cc1ccc(-c2nnn(CC(=O)N(c3cccc(C(F)(F)F)c3)C(C(=O)NCC3CCCO3)c3ccc(N(C)C)cc3)n2)cc1. The average Bonchev–Trinajstić information content (AvgIpc) is 3.71. The van der Waals surface area contributed by atoms with E-state index in [4.69, 9.17) is 4.74 Å². The smallest absolute Gasteiger partial charge is 0.378 e. The minimum absolute atomic E-state index is 0.109. The number of carbonyl (C=O) groups excluding carboxylic acids is 2. The highest BCUT2D eigenvalue weighted by Crippen LogP contribution is 2.35. The molecule has 1 aliphatic heterocycles. The number of nitrogens with zero attached hydrogens (tertiary/aromatic N) is 6. The Morgan fingerprint density at radius 1 is 1.04 bits per heavy atom. The molecule has 5 rings (SSSR count). The summed E-state index contributed by atoms with van der Waals surface area (Å²) in [6.07, 6.45) is -3.24. The van der Waals surface area contributed by atoms with Crippen LogP contribution in [0.2, 0.25) is 0 Å². The number of aromatic nitrogens is 4. The first kappa shape index (κ1) is 31.6. The van der Waals surface area contributed by atoms with E-state index in [1.54, 1.807) is 24.3 Å². The van der Waals surface area contributed by atoms with E-state index in [-0.39, 0.29) is 24.2 Å². The van der Waals surface area contributed by atoms with Crippen LogP contribution >= 0.6 is 0 Å². The molecule has 0 spiro atoms. The van der Waals surface area contributed by atoms with Crippen molar-refractivity contribution in [3.8, 4) is 11.4 Å². The maximum atomic E-state index is 14.1. The van der Waals surface area contributed by atoms with Crippen LogP contribution in [0, 0.1) is 6.92 Å². The molecule has 1 N–H and O–H groups in total. The van der Waals surface area contributed by atoms with Crippen molar-refractivity contribution in [3.05, 3.63) is 89.5 Å². The number of tetrazole rings is 1. The van der Waals surface area contributed by atoms with Crippen molar-refractivity contribution in [2.24, 2.45) is 0 Å². The molecule has 0 radical (unpaired) electrons. The van der Waals surface area contributed by atoms with Gasteiger partial charge in [0, 0.05) is 44.2 Å². The number of rotatable bonds is 10. The molecule has 0 bridgehead atoms. The molecule has 13 heteroatoms. The van der Waals surface area contributed by atoms with Gasteiger partial charge in [0.15, 0.2) is 0 Å². The third-order valence-electron chi connectivity index (χ3n) is 7.52. The summed E-state index contributed by atoms with van der Waals surface area (Å²) in [6.45, 7) is 2.23. The molecule has 1 fully saturated rings. The maximum absolute atomic E-state index is 14.1. The summed E-state index contributed by atoms with van der Waals surface area (Å²) in [7, 11) is 3.71. The standard InChI is InChI=1S/C32H34F3N7O3/c1-21-9-11-23(12-10-21)30-37-39-41(38-30)20-28(43)42(26-7-4-6-24(18-26)32(33,34)35)29(22-13-15-25(16-14-22)40(2)3)31(44)36-19-27-8-5-17-45-27/h4,6-7,9-16,18,27,29H,5,8,17,19-20H2,1-3H3,(H,36,44). The molecular formula is C32H34F3N7O3. The molecule has 1 aliphatic rings. The van der Waals surface area contributed by atoms with Crippen LogP contribution in [-0.2, 0) is 27.0 Å². The summed E-state index contributed by atoms with van der Waals surface area (Å²) in [4.78, 5) is 32.1. The van der Waals surface area contributed by atoms with Crippen LogP contribution in [0.25, 0.3) is 11.4 Å². The normalized spacial score (nSPS) is 15.5. The first-order valence-corrected chi connectivity index (χ1v) is 14.5. The van der Waals surface area contributed by atoms with Gasteiger partial charge in [-0.05, 0) is 60.9 Å². The van der Waals surface area contributed by atoms with E-state index in [0.717, 1.165) is 45.9 Å². The Labute approximate surface area is 258 Å². The topological polar surface area (TPSA) is 105 Å². The van der Waals surface area contributed by atoms with Gasteiger partial charge >= 0.3 is 6.18 Å². The monoisotopic (exact) mass is 621 g/mol. The molecular weight excluding hydrogens is 587 g/mol. The van der Waals surface area contributed by atoms with Crippen molar-refractivity contribution in [2.75, 3.05) is 37.0 Å². The van der Waals surface area contributed by atoms with Crippen molar-refractivity contribution >= 4 is 23.2 Å². The van der Waals surface area contributed by atoms with Crippen LogP contribution in [0.4, 0.5) is 24.5 Å². The van der Waals surface area contributed by atoms with Crippen LogP contribution in [0.1, 0.15) is 35.6 Å². The fraction of sp³-hybridized carbons (Fsp3) is 0.344. The molecule has 0 saturated carbocycles. The van der Waals surface area contributed by atoms with Gasteiger partial charge in [-0.3, -0.25) is 14.5 Å². The lowest BCUT2D eigenvalue weighted by Gasteiger charge is -2.32. The summed E-state index contributed by atoms with van der Waals surface area (Å²) in [5.41, 5.74) is 1.90. The van der Waals surface area contributed by atoms with E-state index in [1.165, 1.54) is 12.1 Å². The van der Waals surface area contributed by atoms with Gasteiger partial charge in [-0.1, -0.05) is 48.0 Å². The Balaban J connectivity index is 1.54. The minimum atomic E-state index is -4.67. The zero-order valence-electron chi connectivity index (χ0n) is 25.2. The summed E-state index contributed by atoms with van der Waals surface area (Å²) in [6, 6.07) is 17.4. The number of amides is 2. The quantitative estimate of drug-likeness (QED) is 0.271. The fourth-order valence-electron chi connectivity index (χ4n) is 5.08. The zero-order chi connectivity index (χ0) is 32.1. The van der Waals surface area contributed by atoms with Crippen molar-refractivity contribution < 1.29 is 27.5 Å². The van der Waals surface area contributed by atoms with E-state index >= 15 is 0 Å². The predicted octanol–water partition coefficient (Wildman–Crippen LogP) is 4.80. The van der Waals surface area contributed by atoms with Crippen LogP contribution < -0.4 is 15.1 Å². The summed E-state index contributed by atoms with van der Waals surface area (Å²) in [5, 5.41) is 15.2. The van der Waals surface area contributed by atoms with Crippen LogP contribution in [0.15, 0.2) is 72.8 Å². The second kappa shape index (κ2) is 13.5. The number of hydrogen-bond donors (Lipinski definition) is 1. The summed E-state index contributed by atoms with van der Waals surface area (Å²) in [5.74, 6) is -1.00. The molecule has 236 valence electrons. The number of alkyl halides is 3. The maximum Gasteiger partial charge on any atom is 0.416 e. The second-order valence-electron chi connectivity index (χ2n) is 11.1. The van der Waals surface area contributed by atoms with Crippen molar-refractivity contribution in [1.82, 2.24) is 25.5 Å². The van der Waals surface area contributed by atoms with Gasteiger partial charge in [-0.25, -0.2) is 0 Å². The van der Waals surface area contributed by atoms with E-state index in [1.807, 2.05) is 50.2 Å². The minimum Gasteiger partial charge on any atom is -0.378 e. The van der Waals surface area contributed by atoms with Crippen LogP contribution in [-0.4, -0.2) is 65.4 Å². The van der Waals surface area contributed by atoms with Gasteiger partial charge in [0.05, 0.1) is 11.7 Å². The molecule has 1 saturated heterocycles. The van der Waals surface area contributed by atoms with Crippen molar-refractivity contribution in [1.29, 1.82) is 0 Å². The van der Waals surface area contributed by atoms with Gasteiger partial charge in [-0.15, -0.1) is 10.2 Å². The van der Waals surface area contributed by atoms with E-state index in [2.05, 4.69) is 20.7 Å². The number of halogens is 3. The predicted molar refractivity (Wildman–Crippen MR) is 162 cm³/mol. The first-order chi connectivity index (χ1) is 21.5. The summed E-state index contributed by atoms with van der Waals surface area (Å²) < 4.78 is 47.1. The molecule has 1 aromatic heterocycles. The lowest BCUT2D eigenvalue weighted by molar-refractivity contribution is -0.137. The molecule has 2 amide bonds. The molecule has 3 aromatic carbocycles. The third-order valence-corrected chi connectivity index (χ3v) is 7.52. The fourth-order valence-corrected chi connectivity index (χ4v) is 5.08. The van der Waals surface area contributed by atoms with Crippen LogP contribution in [0.5, 0.6) is 0 Å². The van der Waals surface area contributed by atoms with Gasteiger partial charge in [-0.2, -0.15) is 18.0 Å². The van der Waals surface area contributed by atoms with Gasteiger partial charge < -0.3 is 15.0 Å². The molecule has 10 nitrogen and oxygen atoms in total. The highest BCUT2D eigenvalue weighted by Gasteiger charge is 2.36. The molecule has 2 atom stereocenters. The van der Waals surface area contributed by atoms with E-state index in [0.29, 0.717) is 17.7 Å². The van der Waals surface area contributed by atoms with Crippen molar-refractivity contribution in [2.45, 2.75) is 44.6 Å². The average molecular weight is 622 g/mol. The number of benzene rings is 3. The number of aryl methyl sites for hydroxylation is 1. The lowest BCUT2D eigenvalue weighted by atomic mass is 10.0. The molecule has 2 heterocycles. The largest absolute Gasteiger partial charge is 0.416 e. The number of ether oxygens (including phenoxy) is 1. The van der Waals surface area contributed by atoms with Crippen LogP contribution in [0.3, 0.4) is 0 Å². The Kier molecular flexibility index (Phi) is 9.47. The zero-order valence-corrected chi connectivity index (χ0v) is 25.2. The first-order valence-electron chi connectivity index (χ1n) is 14.5. The van der Waals surface area contributed by atoms with E-state index in [9.17, 15) is 22.8 Å². The third kappa shape index (κ3) is 7.66. The number of hydrogen-bond acceptors (Lipinski definition) is 7. The number of carbonyl (C=O) groups is 2. The number of nitrogens with one attached hydrogen (secondary N) is 1. The highest BCUT2D eigenvalue weighted by molar-refractivity contribution is 6.01. The lowest BCUT2D eigenvalue weighted by Crippen LogP contribution is -2.46. The second-order valence-corrected chi connectivity index (χ2v) is 11.1. The Bertz CT molecular complexity index is 1620. The molecule has 45 heavy (non-hydrogen) atoms. The number of anilines is 2. The Morgan fingerprint density at radius 2 is 1.78 bits per heavy atom. The molecule has 2 unspecified atom stereocenters. The molecule has 0 aliphatic carbocycles. The van der Waals surface area contributed by atoms with E-state index < -0.39 is 36.1 Å². The van der Waals surface area contributed by atoms with Gasteiger partial charge in [0.1, 0.15) is 12.6 Å². The molecule has 4 aromatic rings. The van der Waals surface area contributed by atoms with Gasteiger partial charge in [0.2, 0.25) is 11.7 Å². The van der Waals surface area contributed by atoms with Crippen molar-refractivity contribution in [3.63, 3.8) is 0 Å². The van der Waals surface area contributed by atoms with Gasteiger partial charge in [0.25, 0.3) is 5.91 Å². The Hall–Kier alpha value is -4.78. The Morgan fingerprint density at radius 3 is 2.42 bits per heavy atom.